The molecule has 1 heterocycles. The molecule has 0 aliphatic carbocycles. The highest BCUT2D eigenvalue weighted by Gasteiger charge is 2.16. The van der Waals surface area contributed by atoms with Crippen LogP contribution in [0, 0.1) is 0 Å². The molecule has 1 aromatic carbocycles. The van der Waals surface area contributed by atoms with Gasteiger partial charge in [0.05, 0.1) is 0 Å². The van der Waals surface area contributed by atoms with Gasteiger partial charge in [0.2, 0.25) is 5.91 Å². The van der Waals surface area contributed by atoms with E-state index in [9.17, 15) is 4.79 Å². The lowest BCUT2D eigenvalue weighted by Gasteiger charge is -2.25. The van der Waals surface area contributed by atoms with Crippen molar-refractivity contribution in [1.82, 2.24) is 0 Å². The molecule has 0 radical (unpaired) electrons. The fourth-order valence-electron chi connectivity index (χ4n) is 2.14. The van der Waals surface area contributed by atoms with Gasteiger partial charge in [-0.25, -0.2) is 0 Å². The van der Waals surface area contributed by atoms with Crippen LogP contribution in [0.5, 0.6) is 0 Å². The Morgan fingerprint density at radius 3 is 2.56 bits per heavy atom. The summed E-state index contributed by atoms with van der Waals surface area (Å²) in [4.78, 5) is 13.5. The lowest BCUT2D eigenvalue weighted by Crippen LogP contribution is -2.28. The van der Waals surface area contributed by atoms with Crippen LogP contribution in [-0.2, 0) is 11.2 Å². The number of halogens is 2. The molecule has 98 valence electrons. The summed E-state index contributed by atoms with van der Waals surface area (Å²) in [5, 5.41) is 2.88. The predicted octanol–water partition coefficient (Wildman–Crippen LogP) is 2.86. The molecule has 1 N–H and O–H groups in total. The number of aryl methyl sites for hydroxylation is 1. The van der Waals surface area contributed by atoms with Gasteiger partial charge in [-0.15, -0.1) is 23.2 Å². The van der Waals surface area contributed by atoms with E-state index < -0.39 is 0 Å². The van der Waals surface area contributed by atoms with Crippen LogP contribution in [0.3, 0.4) is 0 Å². The standard InChI is InChI=1S/C13H16Cl2N2O/c14-5-7-17(8-6-15)11-2-3-12-10(9-11)1-4-13(18)16-12/h2-3,9H,1,4-8H2,(H,16,18). The Balaban J connectivity index is 2.21. The molecule has 0 spiro atoms. The van der Waals surface area contributed by atoms with Crippen molar-refractivity contribution in [3.63, 3.8) is 0 Å². The first-order chi connectivity index (χ1) is 8.74. The SMILES string of the molecule is O=C1CCc2cc(N(CCCl)CCCl)ccc2N1. The van der Waals surface area contributed by atoms with Crippen molar-refractivity contribution in [1.29, 1.82) is 0 Å². The Kier molecular flexibility index (Phi) is 4.72. The number of benzene rings is 1. The summed E-state index contributed by atoms with van der Waals surface area (Å²) in [6, 6.07) is 6.08. The van der Waals surface area contributed by atoms with Gasteiger partial charge in [-0.3, -0.25) is 4.79 Å². The fourth-order valence-corrected chi connectivity index (χ4v) is 2.55. The molecule has 0 unspecified atom stereocenters. The minimum atomic E-state index is 0.0913. The van der Waals surface area contributed by atoms with Gasteiger partial charge < -0.3 is 10.2 Å². The number of fused-ring (bicyclic) bond motifs is 1. The summed E-state index contributed by atoms with van der Waals surface area (Å²) >= 11 is 11.6. The third-order valence-electron chi connectivity index (χ3n) is 3.06. The van der Waals surface area contributed by atoms with Crippen molar-refractivity contribution in [2.75, 3.05) is 35.1 Å². The summed E-state index contributed by atoms with van der Waals surface area (Å²) in [5.74, 6) is 1.24. The summed E-state index contributed by atoms with van der Waals surface area (Å²) in [5.41, 5.74) is 3.22. The predicted molar refractivity (Wildman–Crippen MR) is 77.0 cm³/mol. The maximum Gasteiger partial charge on any atom is 0.224 e. The molecule has 5 heteroatoms. The summed E-state index contributed by atoms with van der Waals surface area (Å²) in [6.07, 6.45) is 1.35. The monoisotopic (exact) mass is 286 g/mol. The van der Waals surface area contributed by atoms with Crippen molar-refractivity contribution >= 4 is 40.5 Å². The number of alkyl halides is 2. The van der Waals surface area contributed by atoms with Gasteiger partial charge in [-0.2, -0.15) is 0 Å². The molecule has 1 aliphatic heterocycles. The number of hydrogen-bond donors (Lipinski definition) is 1. The molecule has 18 heavy (non-hydrogen) atoms. The third-order valence-corrected chi connectivity index (χ3v) is 3.40. The minimum Gasteiger partial charge on any atom is -0.369 e. The number of carbonyl (C=O) groups is 1. The quantitative estimate of drug-likeness (QED) is 0.845. The fraction of sp³-hybridized carbons (Fsp3) is 0.462. The number of hydrogen-bond acceptors (Lipinski definition) is 2. The van der Waals surface area contributed by atoms with Crippen LogP contribution in [0.1, 0.15) is 12.0 Å². The van der Waals surface area contributed by atoms with E-state index >= 15 is 0 Å². The number of nitrogens with one attached hydrogen (secondary N) is 1. The van der Waals surface area contributed by atoms with Gasteiger partial charge in [-0.1, -0.05) is 0 Å². The highest BCUT2D eigenvalue weighted by Crippen LogP contribution is 2.27. The first-order valence-electron chi connectivity index (χ1n) is 6.04. The molecule has 0 fully saturated rings. The van der Waals surface area contributed by atoms with Crippen LogP contribution in [0.25, 0.3) is 0 Å². The molecule has 1 amide bonds. The Morgan fingerprint density at radius 1 is 1.17 bits per heavy atom. The molecule has 2 rings (SSSR count). The molecular weight excluding hydrogens is 271 g/mol. The van der Waals surface area contributed by atoms with Gasteiger partial charge in [0.1, 0.15) is 0 Å². The van der Waals surface area contributed by atoms with E-state index in [-0.39, 0.29) is 5.91 Å². The second-order valence-electron chi connectivity index (χ2n) is 4.25. The maximum atomic E-state index is 11.3. The van der Waals surface area contributed by atoms with Crippen molar-refractivity contribution in [3.8, 4) is 0 Å². The zero-order chi connectivity index (χ0) is 13.0. The molecule has 0 saturated carbocycles. The van der Waals surface area contributed by atoms with Crippen LogP contribution in [0.4, 0.5) is 11.4 Å². The van der Waals surface area contributed by atoms with Crippen LogP contribution in [0.15, 0.2) is 18.2 Å². The van der Waals surface area contributed by atoms with E-state index in [0.717, 1.165) is 30.9 Å². The van der Waals surface area contributed by atoms with Crippen molar-refractivity contribution < 1.29 is 4.79 Å². The van der Waals surface area contributed by atoms with Gasteiger partial charge in [0.15, 0.2) is 0 Å². The normalized spacial score (nSPS) is 14.0. The van der Waals surface area contributed by atoms with E-state index in [4.69, 9.17) is 23.2 Å². The van der Waals surface area contributed by atoms with Crippen molar-refractivity contribution in [3.05, 3.63) is 23.8 Å². The molecule has 3 nitrogen and oxygen atoms in total. The number of amides is 1. The molecule has 1 aliphatic rings. The molecule has 0 bridgehead atoms. The van der Waals surface area contributed by atoms with Crippen LogP contribution < -0.4 is 10.2 Å². The van der Waals surface area contributed by atoms with E-state index in [1.807, 2.05) is 12.1 Å². The molecule has 0 saturated heterocycles. The van der Waals surface area contributed by atoms with Crippen LogP contribution >= 0.6 is 23.2 Å². The molecule has 1 aromatic rings. The first kappa shape index (κ1) is 13.5. The van der Waals surface area contributed by atoms with Crippen molar-refractivity contribution in [2.45, 2.75) is 12.8 Å². The number of carbonyl (C=O) groups excluding carboxylic acids is 1. The van der Waals surface area contributed by atoms with Gasteiger partial charge >= 0.3 is 0 Å². The lowest BCUT2D eigenvalue weighted by molar-refractivity contribution is -0.116. The Hall–Kier alpha value is -0.930. The summed E-state index contributed by atoms with van der Waals surface area (Å²) < 4.78 is 0. The zero-order valence-corrected chi connectivity index (χ0v) is 11.6. The molecule has 0 aromatic heterocycles. The maximum absolute atomic E-state index is 11.3. The number of anilines is 2. The Bertz CT molecular complexity index is 431. The first-order valence-corrected chi connectivity index (χ1v) is 7.11. The number of rotatable bonds is 5. The highest BCUT2D eigenvalue weighted by molar-refractivity contribution is 6.18. The molecular formula is C13H16Cl2N2O. The lowest BCUT2D eigenvalue weighted by atomic mass is 10.0. The molecule has 0 atom stereocenters. The second-order valence-corrected chi connectivity index (χ2v) is 5.01. The summed E-state index contributed by atoms with van der Waals surface area (Å²) in [6.45, 7) is 1.55. The summed E-state index contributed by atoms with van der Waals surface area (Å²) in [7, 11) is 0. The van der Waals surface area contributed by atoms with E-state index in [1.165, 1.54) is 5.56 Å². The van der Waals surface area contributed by atoms with Gasteiger partial charge in [0.25, 0.3) is 0 Å². The van der Waals surface area contributed by atoms with Crippen molar-refractivity contribution in [2.24, 2.45) is 0 Å². The number of nitrogens with zero attached hydrogens (tertiary/aromatic N) is 1. The van der Waals surface area contributed by atoms with E-state index in [0.29, 0.717) is 18.2 Å². The topological polar surface area (TPSA) is 32.3 Å². The second kappa shape index (κ2) is 6.30. The minimum absolute atomic E-state index is 0.0913. The highest BCUT2D eigenvalue weighted by atomic mass is 35.5. The smallest absolute Gasteiger partial charge is 0.224 e. The average molecular weight is 287 g/mol. The Morgan fingerprint density at radius 2 is 1.89 bits per heavy atom. The van der Waals surface area contributed by atoms with Gasteiger partial charge in [0, 0.05) is 42.6 Å². The van der Waals surface area contributed by atoms with Gasteiger partial charge in [-0.05, 0) is 30.2 Å². The Labute approximate surface area is 117 Å². The average Bonchev–Trinajstić information content (AvgIpc) is 2.38. The third kappa shape index (κ3) is 3.09. The van der Waals surface area contributed by atoms with Crippen LogP contribution in [0.2, 0.25) is 0 Å². The zero-order valence-electron chi connectivity index (χ0n) is 10.1. The largest absolute Gasteiger partial charge is 0.369 e. The van der Waals surface area contributed by atoms with Crippen LogP contribution in [-0.4, -0.2) is 30.8 Å². The van der Waals surface area contributed by atoms with E-state index in [2.05, 4.69) is 16.3 Å². The van der Waals surface area contributed by atoms with E-state index in [1.54, 1.807) is 0 Å².